The molecule has 2 N–H and O–H groups in total. The molecule has 94 valence electrons. The molecular formula is C13H10BrClFNO. The molecule has 0 saturated heterocycles. The molecule has 5 heteroatoms. The van der Waals surface area contributed by atoms with Crippen LogP contribution in [0.1, 0.15) is 5.56 Å². The SMILES string of the molecule is Nc1ccc(Br)c(OCc2ccc(Cl)cc2F)c1. The topological polar surface area (TPSA) is 35.2 Å². The van der Waals surface area contributed by atoms with Gasteiger partial charge in [-0.05, 0) is 40.2 Å². The van der Waals surface area contributed by atoms with Crippen molar-refractivity contribution >= 4 is 33.2 Å². The first-order valence-corrected chi connectivity index (χ1v) is 6.35. The van der Waals surface area contributed by atoms with Crippen LogP contribution in [0.5, 0.6) is 5.75 Å². The maximum absolute atomic E-state index is 13.5. The van der Waals surface area contributed by atoms with E-state index in [4.69, 9.17) is 22.1 Å². The molecule has 18 heavy (non-hydrogen) atoms. The molecule has 2 aromatic carbocycles. The van der Waals surface area contributed by atoms with Crippen molar-refractivity contribution in [2.45, 2.75) is 6.61 Å². The molecule has 2 rings (SSSR count). The van der Waals surface area contributed by atoms with E-state index in [1.807, 2.05) is 0 Å². The van der Waals surface area contributed by atoms with Crippen LogP contribution >= 0.6 is 27.5 Å². The zero-order valence-electron chi connectivity index (χ0n) is 9.29. The Hall–Kier alpha value is -1.26. The summed E-state index contributed by atoms with van der Waals surface area (Å²) in [5, 5.41) is 0.362. The average molecular weight is 331 g/mol. The van der Waals surface area contributed by atoms with Gasteiger partial charge in [-0.3, -0.25) is 0 Å². The van der Waals surface area contributed by atoms with Gasteiger partial charge in [-0.1, -0.05) is 17.7 Å². The van der Waals surface area contributed by atoms with Crippen molar-refractivity contribution in [1.82, 2.24) is 0 Å². The summed E-state index contributed by atoms with van der Waals surface area (Å²) in [6.07, 6.45) is 0. The normalized spacial score (nSPS) is 10.4. The van der Waals surface area contributed by atoms with Crippen molar-refractivity contribution in [3.63, 3.8) is 0 Å². The second kappa shape index (κ2) is 5.59. The van der Waals surface area contributed by atoms with Crippen LogP contribution in [-0.4, -0.2) is 0 Å². The minimum atomic E-state index is -0.387. The number of hydrogen-bond acceptors (Lipinski definition) is 2. The van der Waals surface area contributed by atoms with E-state index in [2.05, 4.69) is 15.9 Å². The summed E-state index contributed by atoms with van der Waals surface area (Å²) in [5.74, 6) is 0.187. The van der Waals surface area contributed by atoms with Gasteiger partial charge in [0.15, 0.2) is 0 Å². The van der Waals surface area contributed by atoms with Crippen LogP contribution in [0.15, 0.2) is 40.9 Å². The lowest BCUT2D eigenvalue weighted by Crippen LogP contribution is -1.99. The van der Waals surface area contributed by atoms with Gasteiger partial charge < -0.3 is 10.5 Å². The van der Waals surface area contributed by atoms with E-state index in [0.29, 0.717) is 22.0 Å². The molecule has 0 aliphatic carbocycles. The largest absolute Gasteiger partial charge is 0.488 e. The third kappa shape index (κ3) is 3.15. The van der Waals surface area contributed by atoms with Gasteiger partial charge in [0.25, 0.3) is 0 Å². The lowest BCUT2D eigenvalue weighted by Gasteiger charge is -2.09. The fourth-order valence-corrected chi connectivity index (χ4v) is 1.94. The molecule has 0 unspecified atom stereocenters. The highest BCUT2D eigenvalue weighted by Crippen LogP contribution is 2.28. The predicted octanol–water partition coefficient (Wildman–Crippen LogP) is 4.40. The monoisotopic (exact) mass is 329 g/mol. The van der Waals surface area contributed by atoms with Crippen LogP contribution in [0.25, 0.3) is 0 Å². The Bertz CT molecular complexity index is 577. The van der Waals surface area contributed by atoms with Gasteiger partial charge in [0.1, 0.15) is 18.2 Å². The molecule has 0 aliphatic rings. The number of halogens is 3. The van der Waals surface area contributed by atoms with Crippen molar-refractivity contribution in [2.24, 2.45) is 0 Å². The summed E-state index contributed by atoms with van der Waals surface area (Å²) in [4.78, 5) is 0. The second-order valence-corrected chi connectivity index (χ2v) is 5.01. The van der Waals surface area contributed by atoms with Crippen LogP contribution in [0.3, 0.4) is 0 Å². The number of nitrogen functional groups attached to an aromatic ring is 1. The molecule has 0 radical (unpaired) electrons. The fraction of sp³-hybridized carbons (Fsp3) is 0.0769. The molecule has 0 amide bonds. The van der Waals surface area contributed by atoms with Crippen molar-refractivity contribution in [2.75, 3.05) is 5.73 Å². The Balaban J connectivity index is 2.13. The molecule has 2 nitrogen and oxygen atoms in total. The third-order valence-electron chi connectivity index (χ3n) is 2.35. The molecule has 0 saturated carbocycles. The Morgan fingerprint density at radius 3 is 2.72 bits per heavy atom. The number of ether oxygens (including phenoxy) is 1. The number of hydrogen-bond donors (Lipinski definition) is 1. The first-order valence-electron chi connectivity index (χ1n) is 5.18. The molecule has 0 heterocycles. The highest BCUT2D eigenvalue weighted by molar-refractivity contribution is 9.10. The van der Waals surface area contributed by atoms with Gasteiger partial charge in [-0.25, -0.2) is 4.39 Å². The van der Waals surface area contributed by atoms with Gasteiger partial charge in [0.05, 0.1) is 4.47 Å². The van der Waals surface area contributed by atoms with Crippen LogP contribution in [0, 0.1) is 5.82 Å². The van der Waals surface area contributed by atoms with E-state index < -0.39 is 0 Å². The summed E-state index contributed by atoms with van der Waals surface area (Å²) < 4.78 is 19.8. The maximum atomic E-state index is 13.5. The molecule has 0 aromatic heterocycles. The molecule has 0 fully saturated rings. The van der Waals surface area contributed by atoms with Crippen LogP contribution in [0.2, 0.25) is 5.02 Å². The molecule has 0 aliphatic heterocycles. The van der Waals surface area contributed by atoms with Crippen molar-refractivity contribution in [3.05, 3.63) is 57.3 Å². The van der Waals surface area contributed by atoms with Gasteiger partial charge >= 0.3 is 0 Å². The van der Waals surface area contributed by atoms with E-state index in [9.17, 15) is 4.39 Å². The summed E-state index contributed by atoms with van der Waals surface area (Å²) in [6, 6.07) is 9.69. The van der Waals surface area contributed by atoms with Crippen molar-refractivity contribution < 1.29 is 9.13 Å². The first kappa shape index (κ1) is 13.2. The second-order valence-electron chi connectivity index (χ2n) is 3.71. The summed E-state index contributed by atoms with van der Waals surface area (Å²) >= 11 is 9.01. The van der Waals surface area contributed by atoms with Crippen LogP contribution in [0.4, 0.5) is 10.1 Å². The Labute approximate surface area is 118 Å². The van der Waals surface area contributed by atoms with Crippen LogP contribution in [-0.2, 0) is 6.61 Å². The lowest BCUT2D eigenvalue weighted by molar-refractivity contribution is 0.298. The summed E-state index contributed by atoms with van der Waals surface area (Å²) in [7, 11) is 0. The average Bonchev–Trinajstić information content (AvgIpc) is 2.32. The summed E-state index contributed by atoms with van der Waals surface area (Å²) in [5.41, 5.74) is 6.68. The molecule has 2 aromatic rings. The third-order valence-corrected chi connectivity index (χ3v) is 3.24. The lowest BCUT2D eigenvalue weighted by atomic mass is 10.2. The fourth-order valence-electron chi connectivity index (χ4n) is 1.42. The number of benzene rings is 2. The van der Waals surface area contributed by atoms with E-state index in [-0.39, 0.29) is 12.4 Å². The van der Waals surface area contributed by atoms with E-state index in [0.717, 1.165) is 4.47 Å². The highest BCUT2D eigenvalue weighted by atomic mass is 79.9. The number of anilines is 1. The first-order chi connectivity index (χ1) is 8.56. The molecule has 0 bridgehead atoms. The summed E-state index contributed by atoms with van der Waals surface area (Å²) in [6.45, 7) is 0.116. The Kier molecular flexibility index (Phi) is 4.09. The predicted molar refractivity (Wildman–Crippen MR) is 74.3 cm³/mol. The van der Waals surface area contributed by atoms with Gasteiger partial charge in [-0.15, -0.1) is 0 Å². The van der Waals surface area contributed by atoms with E-state index in [1.165, 1.54) is 6.07 Å². The minimum Gasteiger partial charge on any atom is -0.488 e. The zero-order valence-corrected chi connectivity index (χ0v) is 11.6. The maximum Gasteiger partial charge on any atom is 0.136 e. The highest BCUT2D eigenvalue weighted by Gasteiger charge is 2.06. The Morgan fingerprint density at radius 2 is 2.00 bits per heavy atom. The molecular weight excluding hydrogens is 321 g/mol. The van der Waals surface area contributed by atoms with Crippen LogP contribution < -0.4 is 10.5 Å². The van der Waals surface area contributed by atoms with E-state index >= 15 is 0 Å². The van der Waals surface area contributed by atoms with Gasteiger partial charge in [0.2, 0.25) is 0 Å². The Morgan fingerprint density at radius 1 is 1.22 bits per heavy atom. The number of nitrogens with two attached hydrogens (primary N) is 1. The molecule has 0 spiro atoms. The van der Waals surface area contributed by atoms with Gasteiger partial charge in [-0.2, -0.15) is 0 Å². The smallest absolute Gasteiger partial charge is 0.136 e. The van der Waals surface area contributed by atoms with E-state index in [1.54, 1.807) is 30.3 Å². The zero-order chi connectivity index (χ0) is 13.1. The standard InChI is InChI=1S/C13H10BrClFNO/c14-11-4-3-10(17)6-13(11)18-7-8-1-2-9(15)5-12(8)16/h1-6H,7,17H2. The van der Waals surface area contributed by atoms with Crippen molar-refractivity contribution in [3.8, 4) is 5.75 Å². The minimum absolute atomic E-state index is 0.116. The van der Waals surface area contributed by atoms with Gasteiger partial charge in [0, 0.05) is 22.3 Å². The molecule has 0 atom stereocenters. The quantitative estimate of drug-likeness (QED) is 0.846. The van der Waals surface area contributed by atoms with Crippen molar-refractivity contribution in [1.29, 1.82) is 0 Å². The number of rotatable bonds is 3.